The molecule has 1 aromatic rings. The average molecular weight is 487 g/mol. The molecule has 1 heterocycles. The summed E-state index contributed by atoms with van der Waals surface area (Å²) >= 11 is 0. The smallest absolute Gasteiger partial charge is 0.246 e. The van der Waals surface area contributed by atoms with Gasteiger partial charge in [0.1, 0.15) is 18.4 Å². The van der Waals surface area contributed by atoms with Gasteiger partial charge >= 0.3 is 0 Å². The van der Waals surface area contributed by atoms with Crippen LogP contribution in [0.5, 0.6) is 5.75 Å². The first-order valence-electron chi connectivity index (χ1n) is 12.2. The van der Waals surface area contributed by atoms with E-state index in [2.05, 4.69) is 16.0 Å². The zero-order valence-corrected chi connectivity index (χ0v) is 21.3. The maximum atomic E-state index is 13.4. The van der Waals surface area contributed by atoms with E-state index in [1.807, 2.05) is 38.1 Å². The van der Waals surface area contributed by atoms with Crippen LogP contribution in [0.4, 0.5) is 0 Å². The molecule has 3 rings (SSSR count). The van der Waals surface area contributed by atoms with Gasteiger partial charge in [-0.15, -0.1) is 0 Å². The molecular weight excluding hydrogens is 448 g/mol. The SMILES string of the molecule is Cc1cc2c(cc1C)OCCNC(C1CC1)C(=O)N(C)C(C(C)(C)O)C(=O)NCC(=O)NC/C=C/2. The van der Waals surface area contributed by atoms with Crippen molar-refractivity contribution in [1.29, 1.82) is 0 Å². The minimum absolute atomic E-state index is 0.173. The number of carbonyl (C=O) groups is 3. The van der Waals surface area contributed by atoms with Gasteiger partial charge in [-0.25, -0.2) is 0 Å². The van der Waals surface area contributed by atoms with Gasteiger partial charge in [0.05, 0.1) is 18.2 Å². The fourth-order valence-corrected chi connectivity index (χ4v) is 4.33. The van der Waals surface area contributed by atoms with Crippen molar-refractivity contribution in [3.8, 4) is 5.75 Å². The lowest BCUT2D eigenvalue weighted by Crippen LogP contribution is -2.62. The predicted molar refractivity (Wildman–Crippen MR) is 134 cm³/mol. The van der Waals surface area contributed by atoms with Crippen LogP contribution < -0.4 is 20.7 Å². The fraction of sp³-hybridized carbons (Fsp3) is 0.577. The van der Waals surface area contributed by atoms with Crippen molar-refractivity contribution in [3.63, 3.8) is 0 Å². The highest BCUT2D eigenvalue weighted by Crippen LogP contribution is 2.34. The minimum atomic E-state index is -1.51. The molecule has 0 aromatic heterocycles. The zero-order valence-electron chi connectivity index (χ0n) is 21.3. The van der Waals surface area contributed by atoms with Gasteiger partial charge in [-0.3, -0.25) is 14.4 Å². The Labute approximate surface area is 207 Å². The van der Waals surface area contributed by atoms with Crippen LogP contribution in [0.2, 0.25) is 0 Å². The Morgan fingerprint density at radius 1 is 1.09 bits per heavy atom. The van der Waals surface area contributed by atoms with Gasteiger partial charge < -0.3 is 30.7 Å². The van der Waals surface area contributed by atoms with Gasteiger partial charge in [-0.1, -0.05) is 12.2 Å². The standard InChI is InChI=1S/C26H38N4O5/c1-16-13-19-7-6-10-27-21(31)15-29-24(32)23(26(3,4)34)30(5)25(33)22(18-8-9-18)28-11-12-35-20(19)14-17(16)2/h6-7,13-14,18,22-23,28,34H,8-12,15H2,1-5H3,(H,27,31)(H,29,32)/b7-6+. The predicted octanol–water partition coefficient (Wildman–Crippen LogP) is 0.908. The molecule has 1 aromatic carbocycles. The van der Waals surface area contributed by atoms with Gasteiger partial charge in [-0.2, -0.15) is 0 Å². The molecule has 2 atom stereocenters. The molecule has 1 aliphatic carbocycles. The summed E-state index contributed by atoms with van der Waals surface area (Å²) in [4.78, 5) is 39.9. The summed E-state index contributed by atoms with van der Waals surface area (Å²) in [5.74, 6) is -0.319. The van der Waals surface area contributed by atoms with Gasteiger partial charge in [0, 0.05) is 25.7 Å². The number of fused-ring (bicyclic) bond motifs is 1. The van der Waals surface area contributed by atoms with Crippen LogP contribution in [0.1, 0.15) is 43.4 Å². The maximum Gasteiger partial charge on any atom is 0.246 e. The number of rotatable bonds is 2. The van der Waals surface area contributed by atoms with Crippen LogP contribution in [-0.2, 0) is 14.4 Å². The van der Waals surface area contributed by atoms with E-state index in [0.29, 0.717) is 13.2 Å². The number of amides is 3. The Morgan fingerprint density at radius 2 is 1.77 bits per heavy atom. The summed E-state index contributed by atoms with van der Waals surface area (Å²) in [6.45, 7) is 7.84. The Balaban J connectivity index is 1.86. The summed E-state index contributed by atoms with van der Waals surface area (Å²) in [5, 5.41) is 19.3. The number of hydrogen-bond acceptors (Lipinski definition) is 6. The number of ether oxygens (including phenoxy) is 1. The number of nitrogens with zero attached hydrogens (tertiary/aromatic N) is 1. The van der Waals surface area contributed by atoms with Crippen LogP contribution in [-0.4, -0.2) is 78.7 Å². The summed E-state index contributed by atoms with van der Waals surface area (Å²) in [7, 11) is 1.52. The van der Waals surface area contributed by atoms with Crippen molar-refractivity contribution < 1.29 is 24.2 Å². The quantitative estimate of drug-likeness (QED) is 0.493. The number of carbonyl (C=O) groups excluding carboxylic acids is 3. The summed E-state index contributed by atoms with van der Waals surface area (Å²) < 4.78 is 6.06. The van der Waals surface area contributed by atoms with Crippen molar-refractivity contribution in [3.05, 3.63) is 34.9 Å². The lowest BCUT2D eigenvalue weighted by atomic mass is 9.95. The molecule has 35 heavy (non-hydrogen) atoms. The lowest BCUT2D eigenvalue weighted by molar-refractivity contribution is -0.149. The van der Waals surface area contributed by atoms with Crippen LogP contribution >= 0.6 is 0 Å². The van der Waals surface area contributed by atoms with E-state index in [0.717, 1.165) is 35.3 Å². The van der Waals surface area contributed by atoms with Gasteiger partial charge in [0.15, 0.2) is 0 Å². The molecule has 1 fully saturated rings. The summed E-state index contributed by atoms with van der Waals surface area (Å²) in [6, 6.07) is 2.39. The second kappa shape index (κ2) is 11.2. The molecule has 9 nitrogen and oxygen atoms in total. The van der Waals surface area contributed by atoms with E-state index in [-0.39, 0.29) is 30.8 Å². The Kier molecular flexibility index (Phi) is 8.56. The highest BCUT2D eigenvalue weighted by atomic mass is 16.5. The third-order valence-electron chi connectivity index (χ3n) is 6.50. The molecule has 3 amide bonds. The van der Waals surface area contributed by atoms with Crippen molar-refractivity contribution in [2.75, 3.05) is 33.3 Å². The molecule has 4 N–H and O–H groups in total. The number of aryl methyl sites for hydroxylation is 2. The van der Waals surface area contributed by atoms with E-state index in [1.165, 1.54) is 25.8 Å². The van der Waals surface area contributed by atoms with Gasteiger partial charge in [0.25, 0.3) is 0 Å². The summed E-state index contributed by atoms with van der Waals surface area (Å²) in [5.41, 5.74) is 1.64. The average Bonchev–Trinajstić information content (AvgIpc) is 3.61. The molecule has 0 radical (unpaired) electrons. The van der Waals surface area contributed by atoms with E-state index >= 15 is 0 Å². The second-order valence-electron chi connectivity index (χ2n) is 10.0. The number of nitrogens with one attached hydrogen (secondary N) is 3. The number of likely N-dealkylation sites (N-methyl/N-ethyl adjacent to an activating group) is 1. The molecule has 2 aliphatic rings. The molecule has 192 valence electrons. The maximum absolute atomic E-state index is 13.4. The first kappa shape index (κ1) is 26.7. The molecule has 1 aliphatic heterocycles. The van der Waals surface area contributed by atoms with Crippen molar-refractivity contribution >= 4 is 23.8 Å². The first-order chi connectivity index (χ1) is 16.5. The third kappa shape index (κ3) is 7.05. The number of hydrogen-bond donors (Lipinski definition) is 4. The fourth-order valence-electron chi connectivity index (χ4n) is 4.33. The van der Waals surface area contributed by atoms with Crippen LogP contribution in [0.25, 0.3) is 6.08 Å². The lowest BCUT2D eigenvalue weighted by Gasteiger charge is -2.37. The van der Waals surface area contributed by atoms with Crippen LogP contribution in [0, 0.1) is 19.8 Å². The Morgan fingerprint density at radius 3 is 2.43 bits per heavy atom. The monoisotopic (exact) mass is 486 g/mol. The molecule has 1 saturated carbocycles. The van der Waals surface area contributed by atoms with Crippen LogP contribution in [0.3, 0.4) is 0 Å². The first-order valence-corrected chi connectivity index (χ1v) is 12.2. The third-order valence-corrected chi connectivity index (χ3v) is 6.50. The van der Waals surface area contributed by atoms with Crippen LogP contribution in [0.15, 0.2) is 18.2 Å². The molecule has 0 spiro atoms. The van der Waals surface area contributed by atoms with Crippen molar-refractivity contribution in [1.82, 2.24) is 20.9 Å². The number of benzene rings is 1. The highest BCUT2D eigenvalue weighted by Gasteiger charge is 2.44. The Hall–Kier alpha value is -2.91. The van der Waals surface area contributed by atoms with Gasteiger partial charge in [-0.05, 0) is 69.7 Å². The molecule has 2 unspecified atom stereocenters. The molecule has 0 saturated heterocycles. The van der Waals surface area contributed by atoms with Crippen molar-refractivity contribution in [2.24, 2.45) is 5.92 Å². The normalized spacial score (nSPS) is 24.4. The van der Waals surface area contributed by atoms with E-state index < -0.39 is 23.6 Å². The Bertz CT molecular complexity index is 981. The molecule has 0 bridgehead atoms. The van der Waals surface area contributed by atoms with Gasteiger partial charge in [0.2, 0.25) is 17.7 Å². The largest absolute Gasteiger partial charge is 0.492 e. The van der Waals surface area contributed by atoms with Crippen molar-refractivity contribution in [2.45, 2.75) is 58.2 Å². The minimum Gasteiger partial charge on any atom is -0.492 e. The zero-order chi connectivity index (χ0) is 25.8. The topological polar surface area (TPSA) is 120 Å². The van der Waals surface area contributed by atoms with E-state index in [4.69, 9.17) is 4.74 Å². The molecule has 9 heteroatoms. The summed E-state index contributed by atoms with van der Waals surface area (Å²) in [6.07, 6.45) is 5.56. The highest BCUT2D eigenvalue weighted by molar-refractivity contribution is 5.92. The van der Waals surface area contributed by atoms with E-state index in [1.54, 1.807) is 0 Å². The van der Waals surface area contributed by atoms with E-state index in [9.17, 15) is 19.5 Å². The molecular formula is C26H38N4O5. The number of aliphatic hydroxyl groups is 1. The second-order valence-corrected chi connectivity index (χ2v) is 10.0.